The number of hydrogen-bond acceptors (Lipinski definition) is 0. The van der Waals surface area contributed by atoms with Crippen LogP contribution < -0.4 is 0 Å². The molecule has 1 radical (unpaired) electrons. The van der Waals surface area contributed by atoms with Gasteiger partial charge in [0.05, 0.1) is 5.92 Å². The van der Waals surface area contributed by atoms with E-state index in [1.807, 2.05) is 0 Å². The number of alkyl halides is 3. The van der Waals surface area contributed by atoms with Crippen LogP contribution in [0.1, 0.15) is 13.3 Å². The van der Waals surface area contributed by atoms with Crippen molar-refractivity contribution in [2.24, 2.45) is 5.92 Å². The summed E-state index contributed by atoms with van der Waals surface area (Å²) in [7, 11) is 0. The molecule has 0 nitrogen and oxygen atoms in total. The molecule has 0 aliphatic heterocycles. The van der Waals surface area contributed by atoms with E-state index in [9.17, 15) is 13.2 Å². The van der Waals surface area contributed by atoms with Crippen molar-refractivity contribution in [3.63, 3.8) is 0 Å². The molecule has 0 rings (SSSR count). The lowest BCUT2D eigenvalue weighted by Crippen LogP contribution is -2.19. The van der Waals surface area contributed by atoms with Gasteiger partial charge in [0, 0.05) is 5.75 Å². The second kappa shape index (κ2) is 3.34. The molecular weight excluding hydrogens is 149 g/mol. The van der Waals surface area contributed by atoms with Crippen molar-refractivity contribution in [1.29, 1.82) is 0 Å². The Morgan fingerprint density at radius 3 is 2.00 bits per heavy atom. The summed E-state index contributed by atoms with van der Waals surface area (Å²) in [6, 6.07) is 0. The van der Waals surface area contributed by atoms with Crippen molar-refractivity contribution >= 4 is 12.6 Å². The van der Waals surface area contributed by atoms with Gasteiger partial charge in [-0.1, -0.05) is 19.6 Å². The highest BCUT2D eigenvalue weighted by molar-refractivity contribution is 7.80. The predicted octanol–water partition coefficient (Wildman–Crippen LogP) is 2.77. The minimum atomic E-state index is -4.06. The summed E-state index contributed by atoms with van der Waals surface area (Å²) in [4.78, 5) is 0. The number of hydrogen-bond donors (Lipinski definition) is 0. The second-order valence-corrected chi connectivity index (χ2v) is 2.34. The van der Waals surface area contributed by atoms with E-state index >= 15 is 0 Å². The quantitative estimate of drug-likeness (QED) is 0.578. The summed E-state index contributed by atoms with van der Waals surface area (Å²) < 4.78 is 34.8. The van der Waals surface area contributed by atoms with Gasteiger partial charge in [0.1, 0.15) is 0 Å². The first-order valence-electron chi connectivity index (χ1n) is 2.63. The third-order valence-electron chi connectivity index (χ3n) is 1.11. The molecule has 0 spiro atoms. The van der Waals surface area contributed by atoms with E-state index in [0.29, 0.717) is 0 Å². The topological polar surface area (TPSA) is 0 Å². The lowest BCUT2D eigenvalue weighted by atomic mass is 10.1. The second-order valence-electron chi connectivity index (χ2n) is 1.94. The zero-order valence-corrected chi connectivity index (χ0v) is 5.85. The summed E-state index contributed by atoms with van der Waals surface area (Å²) >= 11 is 4.40. The maximum Gasteiger partial charge on any atom is 0.391 e. The Kier molecular flexibility index (Phi) is 3.40. The minimum absolute atomic E-state index is 0.0544. The van der Waals surface area contributed by atoms with E-state index in [1.165, 1.54) is 0 Å². The average Bonchev–Trinajstić information content (AvgIpc) is 1.64. The fourth-order valence-electron chi connectivity index (χ4n) is 0.340. The van der Waals surface area contributed by atoms with Crippen LogP contribution >= 0.6 is 12.6 Å². The largest absolute Gasteiger partial charge is 0.391 e. The summed E-state index contributed by atoms with van der Waals surface area (Å²) in [5.41, 5.74) is 0. The van der Waals surface area contributed by atoms with Crippen LogP contribution in [-0.4, -0.2) is 11.9 Å². The monoisotopic (exact) mass is 157 g/mol. The molecule has 0 fully saturated rings. The Labute approximate surface area is 57.9 Å². The molecule has 0 aliphatic carbocycles. The Morgan fingerprint density at radius 1 is 1.44 bits per heavy atom. The smallest absolute Gasteiger partial charge is 0.171 e. The van der Waals surface area contributed by atoms with Gasteiger partial charge in [0.2, 0.25) is 0 Å². The van der Waals surface area contributed by atoms with Crippen molar-refractivity contribution < 1.29 is 13.2 Å². The first-order valence-corrected chi connectivity index (χ1v) is 3.21. The van der Waals surface area contributed by atoms with Gasteiger partial charge in [-0.3, -0.25) is 0 Å². The first-order chi connectivity index (χ1) is 3.98. The molecule has 0 aromatic rings. The normalized spacial score (nSPS) is 15.7. The third-order valence-corrected chi connectivity index (χ3v) is 1.35. The summed E-state index contributed by atoms with van der Waals surface area (Å²) in [6.45, 7) is 1.15. The van der Waals surface area contributed by atoms with Crippen molar-refractivity contribution in [2.75, 3.05) is 5.75 Å². The van der Waals surface area contributed by atoms with Crippen molar-refractivity contribution in [3.05, 3.63) is 0 Å². The van der Waals surface area contributed by atoms with Crippen LogP contribution in [-0.2, 0) is 0 Å². The van der Waals surface area contributed by atoms with Crippen LogP contribution in [0, 0.1) is 5.92 Å². The van der Waals surface area contributed by atoms with Gasteiger partial charge in [-0.25, -0.2) is 0 Å². The molecule has 0 aromatic heterocycles. The fraction of sp³-hybridized carbons (Fsp3) is 1.00. The highest BCUT2D eigenvalue weighted by Gasteiger charge is 2.34. The molecule has 0 aromatic carbocycles. The molecule has 0 amide bonds. The maximum atomic E-state index is 11.6. The highest BCUT2D eigenvalue weighted by atomic mass is 32.1. The molecule has 9 heavy (non-hydrogen) atoms. The maximum absolute atomic E-state index is 11.6. The van der Waals surface area contributed by atoms with E-state index in [-0.39, 0.29) is 12.2 Å². The van der Waals surface area contributed by atoms with Crippen LogP contribution in [0.5, 0.6) is 0 Å². The van der Waals surface area contributed by atoms with E-state index < -0.39 is 12.1 Å². The number of rotatable bonds is 2. The Morgan fingerprint density at radius 2 is 1.89 bits per heavy atom. The highest BCUT2D eigenvalue weighted by Crippen LogP contribution is 2.27. The molecule has 0 saturated carbocycles. The lowest BCUT2D eigenvalue weighted by Gasteiger charge is -2.12. The van der Waals surface area contributed by atoms with Gasteiger partial charge in [-0.2, -0.15) is 13.2 Å². The lowest BCUT2D eigenvalue weighted by molar-refractivity contribution is -0.169. The Hall–Kier alpha value is 0.140. The van der Waals surface area contributed by atoms with Gasteiger partial charge in [0.15, 0.2) is 0 Å². The van der Waals surface area contributed by atoms with E-state index in [0.717, 1.165) is 6.92 Å². The van der Waals surface area contributed by atoms with Gasteiger partial charge < -0.3 is 0 Å². The van der Waals surface area contributed by atoms with Crippen molar-refractivity contribution in [3.8, 4) is 0 Å². The van der Waals surface area contributed by atoms with Gasteiger partial charge in [0.25, 0.3) is 0 Å². The van der Waals surface area contributed by atoms with Gasteiger partial charge >= 0.3 is 6.18 Å². The summed E-state index contributed by atoms with van der Waals surface area (Å²) in [5.74, 6) is -1.06. The Balaban J connectivity index is 3.59. The molecule has 0 aliphatic rings. The summed E-state index contributed by atoms with van der Waals surface area (Å²) in [5, 5.41) is 0. The zero-order valence-electron chi connectivity index (χ0n) is 5.03. The molecule has 0 N–H and O–H groups in total. The molecule has 4 heteroatoms. The van der Waals surface area contributed by atoms with E-state index in [1.54, 1.807) is 0 Å². The molecule has 0 heterocycles. The predicted molar refractivity (Wildman–Crippen MR) is 32.3 cm³/mol. The van der Waals surface area contributed by atoms with Crippen LogP contribution in [0.3, 0.4) is 0 Å². The average molecular weight is 157 g/mol. The van der Waals surface area contributed by atoms with E-state index in [4.69, 9.17) is 0 Å². The molecule has 1 unspecified atom stereocenters. The SMILES string of the molecule is CC(CC[S])C(F)(F)F. The Bertz CT molecular complexity index is 78.8. The van der Waals surface area contributed by atoms with Crippen LogP contribution in [0.15, 0.2) is 0 Å². The fourth-order valence-corrected chi connectivity index (χ4v) is 0.694. The number of halogens is 3. The molecule has 0 bridgehead atoms. The first kappa shape index (κ1) is 9.14. The molecule has 1 atom stereocenters. The third kappa shape index (κ3) is 3.67. The molecule has 55 valence electrons. The van der Waals surface area contributed by atoms with Crippen LogP contribution in [0.4, 0.5) is 13.2 Å². The van der Waals surface area contributed by atoms with Gasteiger partial charge in [-0.05, 0) is 6.42 Å². The molecule has 0 saturated heterocycles. The standard InChI is InChI=1S/C5H8F3S/c1-4(2-3-9)5(6,7)8/h4H,2-3H2,1H3. The molecular formula is C5H8F3S. The van der Waals surface area contributed by atoms with Crippen LogP contribution in [0.2, 0.25) is 0 Å². The van der Waals surface area contributed by atoms with Crippen LogP contribution in [0.25, 0.3) is 0 Å². The van der Waals surface area contributed by atoms with Gasteiger partial charge in [-0.15, -0.1) is 0 Å². The van der Waals surface area contributed by atoms with Crippen molar-refractivity contribution in [1.82, 2.24) is 0 Å². The van der Waals surface area contributed by atoms with E-state index in [2.05, 4.69) is 12.6 Å². The van der Waals surface area contributed by atoms with Crippen molar-refractivity contribution in [2.45, 2.75) is 19.5 Å². The minimum Gasteiger partial charge on any atom is -0.171 e. The zero-order chi connectivity index (χ0) is 7.49. The summed E-state index contributed by atoms with van der Waals surface area (Å²) in [6.07, 6.45) is -4.00.